The monoisotopic (exact) mass is 325 g/mol. The number of nitrogens with one attached hydrogen (secondary N) is 1. The van der Waals surface area contributed by atoms with Gasteiger partial charge < -0.3 is 10.2 Å². The van der Waals surface area contributed by atoms with Crippen molar-refractivity contribution in [1.29, 1.82) is 0 Å². The minimum Gasteiger partial charge on any atom is -0.365 e. The van der Waals surface area contributed by atoms with Gasteiger partial charge in [0.15, 0.2) is 0 Å². The molecule has 0 fully saturated rings. The first-order valence-corrected chi connectivity index (χ1v) is 8.35. The first kappa shape index (κ1) is 18.0. The molecule has 0 saturated heterocycles. The van der Waals surface area contributed by atoms with Crippen LogP contribution in [0.5, 0.6) is 0 Å². The Bertz CT molecular complexity index is 675. The molecule has 1 aromatic heterocycles. The maximum Gasteiger partial charge on any atom is 0.270 e. The van der Waals surface area contributed by atoms with E-state index in [-0.39, 0.29) is 11.4 Å². The van der Waals surface area contributed by atoms with Gasteiger partial charge in [-0.25, -0.2) is 0 Å². The molecule has 0 aliphatic heterocycles. The number of carbonyl (C=O) groups excluding carboxylic acids is 1. The maximum absolute atomic E-state index is 12.4. The molecule has 0 aliphatic carbocycles. The lowest BCUT2D eigenvalue weighted by Gasteiger charge is -2.29. The van der Waals surface area contributed by atoms with Crippen LogP contribution in [0.4, 0.5) is 5.69 Å². The van der Waals surface area contributed by atoms with Gasteiger partial charge in [-0.3, -0.25) is 9.78 Å². The third-order valence-corrected chi connectivity index (χ3v) is 3.62. The summed E-state index contributed by atoms with van der Waals surface area (Å²) in [6, 6.07) is 14.5. The fourth-order valence-corrected chi connectivity index (χ4v) is 2.48. The average Bonchev–Trinajstić information content (AvgIpc) is 2.52. The van der Waals surface area contributed by atoms with E-state index in [0.29, 0.717) is 11.7 Å². The van der Waals surface area contributed by atoms with E-state index in [1.165, 1.54) is 5.56 Å². The van der Waals surface area contributed by atoms with Crippen molar-refractivity contribution >= 4 is 11.6 Å². The molecule has 4 nitrogen and oxygen atoms in total. The van der Waals surface area contributed by atoms with Crippen LogP contribution in [0.25, 0.3) is 0 Å². The van der Waals surface area contributed by atoms with Crippen LogP contribution in [-0.4, -0.2) is 22.5 Å². The van der Waals surface area contributed by atoms with E-state index in [1.54, 1.807) is 6.20 Å². The Morgan fingerprint density at radius 3 is 2.42 bits per heavy atom. The van der Waals surface area contributed by atoms with Crippen LogP contribution in [0.2, 0.25) is 0 Å². The minimum atomic E-state index is -0.281. The summed E-state index contributed by atoms with van der Waals surface area (Å²) >= 11 is 0. The summed E-state index contributed by atoms with van der Waals surface area (Å²) in [4.78, 5) is 18.9. The Morgan fingerprint density at radius 2 is 1.83 bits per heavy atom. The second-order valence-corrected chi connectivity index (χ2v) is 7.31. The van der Waals surface area contributed by atoms with Crippen LogP contribution in [0.3, 0.4) is 0 Å². The molecule has 0 atom stereocenters. The van der Waals surface area contributed by atoms with E-state index < -0.39 is 0 Å². The van der Waals surface area contributed by atoms with Gasteiger partial charge in [0.1, 0.15) is 5.69 Å². The topological polar surface area (TPSA) is 45.2 Å². The molecule has 0 spiro atoms. The van der Waals surface area contributed by atoms with Crippen molar-refractivity contribution in [3.63, 3.8) is 0 Å². The highest BCUT2D eigenvalue weighted by atomic mass is 16.2. The lowest BCUT2D eigenvalue weighted by Crippen LogP contribution is -2.41. The Balaban J connectivity index is 2.25. The zero-order valence-corrected chi connectivity index (χ0v) is 15.2. The number of hydrogen-bond donors (Lipinski definition) is 1. The third-order valence-electron chi connectivity index (χ3n) is 3.62. The maximum atomic E-state index is 12.4. The molecule has 1 heterocycles. The number of benzene rings is 1. The second kappa shape index (κ2) is 7.47. The molecule has 0 radical (unpaired) electrons. The van der Waals surface area contributed by atoms with Crippen molar-refractivity contribution in [3.8, 4) is 0 Å². The smallest absolute Gasteiger partial charge is 0.270 e. The van der Waals surface area contributed by atoms with E-state index in [0.717, 1.165) is 12.2 Å². The number of aromatic nitrogens is 1. The van der Waals surface area contributed by atoms with Gasteiger partial charge in [-0.05, 0) is 52.3 Å². The lowest BCUT2D eigenvalue weighted by molar-refractivity contribution is 0.0914. The zero-order valence-electron chi connectivity index (χ0n) is 15.2. The molecule has 24 heavy (non-hydrogen) atoms. The van der Waals surface area contributed by atoms with Crippen molar-refractivity contribution < 1.29 is 4.79 Å². The summed E-state index contributed by atoms with van der Waals surface area (Å²) in [7, 11) is 0. The van der Waals surface area contributed by atoms with E-state index >= 15 is 0 Å². The van der Waals surface area contributed by atoms with Crippen molar-refractivity contribution in [2.24, 2.45) is 0 Å². The predicted molar refractivity (Wildman–Crippen MR) is 99.2 cm³/mol. The summed E-state index contributed by atoms with van der Waals surface area (Å²) in [5, 5.41) is 2.96. The molecule has 4 heteroatoms. The highest BCUT2D eigenvalue weighted by molar-refractivity contribution is 5.93. The van der Waals surface area contributed by atoms with Crippen LogP contribution in [-0.2, 0) is 6.54 Å². The third kappa shape index (κ3) is 5.08. The van der Waals surface area contributed by atoms with Gasteiger partial charge in [-0.15, -0.1) is 0 Å². The number of carbonyl (C=O) groups is 1. The molecule has 1 aromatic carbocycles. The number of rotatable bonds is 5. The summed E-state index contributed by atoms with van der Waals surface area (Å²) in [5.41, 5.74) is 2.41. The van der Waals surface area contributed by atoms with Crippen molar-refractivity contribution in [1.82, 2.24) is 10.3 Å². The molecular weight excluding hydrogens is 298 g/mol. The SMILES string of the molecule is CC(C)N(Cc1ccccc1)c1ccnc(C(=O)NC(C)(C)C)c1. The van der Waals surface area contributed by atoms with E-state index in [2.05, 4.69) is 41.2 Å². The number of nitrogens with zero attached hydrogens (tertiary/aromatic N) is 2. The highest BCUT2D eigenvalue weighted by Crippen LogP contribution is 2.21. The Morgan fingerprint density at radius 1 is 1.17 bits per heavy atom. The van der Waals surface area contributed by atoms with Gasteiger partial charge in [0.25, 0.3) is 5.91 Å². The largest absolute Gasteiger partial charge is 0.365 e. The Hall–Kier alpha value is -2.36. The number of amides is 1. The summed E-state index contributed by atoms with van der Waals surface area (Å²) in [5.74, 6) is -0.146. The standard InChI is InChI=1S/C20H27N3O/c1-15(2)23(14-16-9-7-6-8-10-16)17-11-12-21-18(13-17)19(24)22-20(3,4)5/h6-13,15H,14H2,1-5H3,(H,22,24). The molecule has 0 aliphatic rings. The number of pyridine rings is 1. The van der Waals surface area contributed by atoms with E-state index in [9.17, 15) is 4.79 Å². The van der Waals surface area contributed by atoms with E-state index in [4.69, 9.17) is 0 Å². The van der Waals surface area contributed by atoms with Crippen molar-refractivity contribution in [2.45, 2.75) is 52.7 Å². The normalized spacial score (nSPS) is 11.4. The molecule has 128 valence electrons. The van der Waals surface area contributed by atoms with Crippen LogP contribution in [0.15, 0.2) is 48.7 Å². The molecule has 1 N–H and O–H groups in total. The van der Waals surface area contributed by atoms with Gasteiger partial charge in [0, 0.05) is 30.0 Å². The zero-order chi connectivity index (χ0) is 17.7. The van der Waals surface area contributed by atoms with E-state index in [1.807, 2.05) is 51.1 Å². The molecule has 2 aromatic rings. The minimum absolute atomic E-state index is 0.146. The molecule has 0 unspecified atom stereocenters. The molecular formula is C20H27N3O. The predicted octanol–water partition coefficient (Wildman–Crippen LogP) is 4.02. The Kier molecular flexibility index (Phi) is 5.60. The quantitative estimate of drug-likeness (QED) is 0.903. The summed E-state index contributed by atoms with van der Waals surface area (Å²) in [6.07, 6.45) is 1.70. The first-order valence-electron chi connectivity index (χ1n) is 8.35. The van der Waals surface area contributed by atoms with Gasteiger partial charge in [0.05, 0.1) is 0 Å². The van der Waals surface area contributed by atoms with Gasteiger partial charge in [-0.1, -0.05) is 30.3 Å². The highest BCUT2D eigenvalue weighted by Gasteiger charge is 2.18. The van der Waals surface area contributed by atoms with Crippen LogP contribution >= 0.6 is 0 Å². The second-order valence-electron chi connectivity index (χ2n) is 7.31. The van der Waals surface area contributed by atoms with Crippen LogP contribution < -0.4 is 10.2 Å². The lowest BCUT2D eigenvalue weighted by atomic mass is 10.1. The summed E-state index contributed by atoms with van der Waals surface area (Å²) < 4.78 is 0. The molecule has 2 rings (SSSR count). The molecule has 1 amide bonds. The van der Waals surface area contributed by atoms with Crippen LogP contribution in [0, 0.1) is 0 Å². The van der Waals surface area contributed by atoms with Gasteiger partial charge in [0.2, 0.25) is 0 Å². The molecule has 0 bridgehead atoms. The first-order chi connectivity index (χ1) is 11.3. The number of anilines is 1. The molecule has 0 saturated carbocycles. The van der Waals surface area contributed by atoms with Crippen molar-refractivity contribution in [3.05, 3.63) is 59.9 Å². The van der Waals surface area contributed by atoms with Crippen LogP contribution in [0.1, 0.15) is 50.7 Å². The number of hydrogen-bond acceptors (Lipinski definition) is 3. The summed E-state index contributed by atoms with van der Waals surface area (Å²) in [6.45, 7) is 11.0. The fourth-order valence-electron chi connectivity index (χ4n) is 2.48. The Labute approximate surface area is 144 Å². The average molecular weight is 325 g/mol. The van der Waals surface area contributed by atoms with Crippen molar-refractivity contribution in [2.75, 3.05) is 4.90 Å². The van der Waals surface area contributed by atoms with Gasteiger partial charge >= 0.3 is 0 Å². The fraction of sp³-hybridized carbons (Fsp3) is 0.400. The van der Waals surface area contributed by atoms with Gasteiger partial charge in [-0.2, -0.15) is 0 Å².